The average molecular weight is 293 g/mol. The van der Waals surface area contributed by atoms with Crippen molar-refractivity contribution >= 4 is 17.2 Å². The van der Waals surface area contributed by atoms with Gasteiger partial charge >= 0.3 is 0 Å². The number of hydrogen-bond donors (Lipinski definition) is 1. The van der Waals surface area contributed by atoms with E-state index < -0.39 is 0 Å². The largest absolute Gasteiger partial charge is 0.330 e. The van der Waals surface area contributed by atoms with Crippen molar-refractivity contribution in [3.63, 3.8) is 0 Å². The fourth-order valence-corrected chi connectivity index (χ4v) is 2.85. The van der Waals surface area contributed by atoms with Crippen LogP contribution in [-0.2, 0) is 6.54 Å². The summed E-state index contributed by atoms with van der Waals surface area (Å²) in [6.45, 7) is 3.43. The number of aromatic nitrogens is 2. The van der Waals surface area contributed by atoms with Crippen molar-refractivity contribution in [3.8, 4) is 0 Å². The first kappa shape index (κ1) is 13.5. The molecule has 20 heavy (non-hydrogen) atoms. The smallest absolute Gasteiger partial charge is 0.258 e. The van der Waals surface area contributed by atoms with Gasteiger partial charge in [-0.05, 0) is 37.6 Å². The van der Waals surface area contributed by atoms with Crippen LogP contribution in [0.1, 0.15) is 12.1 Å². The van der Waals surface area contributed by atoms with Crippen molar-refractivity contribution in [2.24, 2.45) is 11.7 Å². The minimum atomic E-state index is -0.0953. The van der Waals surface area contributed by atoms with Gasteiger partial charge in [-0.2, -0.15) is 0 Å². The highest BCUT2D eigenvalue weighted by Crippen LogP contribution is 2.17. The zero-order valence-electron chi connectivity index (χ0n) is 11.1. The maximum absolute atomic E-state index is 12.1. The van der Waals surface area contributed by atoms with E-state index >= 15 is 0 Å². The summed E-state index contributed by atoms with van der Waals surface area (Å²) >= 11 is 5.89. The van der Waals surface area contributed by atoms with Gasteiger partial charge in [-0.1, -0.05) is 11.6 Å². The van der Waals surface area contributed by atoms with Gasteiger partial charge in [0.25, 0.3) is 5.56 Å². The van der Waals surface area contributed by atoms with Gasteiger partial charge < -0.3 is 5.73 Å². The van der Waals surface area contributed by atoms with Crippen molar-refractivity contribution in [2.45, 2.75) is 13.0 Å². The lowest BCUT2D eigenvalue weighted by atomic mass is 10.1. The molecule has 0 radical (unpaired) electrons. The molecule has 1 unspecified atom stereocenters. The maximum Gasteiger partial charge on any atom is 0.258 e. The van der Waals surface area contributed by atoms with Crippen LogP contribution in [0.15, 0.2) is 29.2 Å². The summed E-state index contributed by atoms with van der Waals surface area (Å²) in [5.41, 5.74) is 7.03. The number of pyridine rings is 1. The molecule has 1 fully saturated rings. The quantitative estimate of drug-likeness (QED) is 0.921. The molecule has 0 aromatic carbocycles. The normalized spacial score (nSPS) is 19.8. The number of nitrogens with two attached hydrogens (primary N) is 1. The second kappa shape index (κ2) is 5.52. The van der Waals surface area contributed by atoms with Gasteiger partial charge in [-0.25, -0.2) is 4.98 Å². The van der Waals surface area contributed by atoms with E-state index in [9.17, 15) is 4.79 Å². The molecule has 0 aliphatic carbocycles. The Bertz CT molecular complexity index is 684. The number of hydrogen-bond acceptors (Lipinski definition) is 4. The second-order valence-electron chi connectivity index (χ2n) is 5.29. The number of rotatable bonds is 3. The van der Waals surface area contributed by atoms with E-state index in [0.29, 0.717) is 23.1 Å². The minimum Gasteiger partial charge on any atom is -0.330 e. The van der Waals surface area contributed by atoms with Gasteiger partial charge in [-0.3, -0.25) is 14.1 Å². The lowest BCUT2D eigenvalue weighted by Gasteiger charge is -2.15. The van der Waals surface area contributed by atoms with Crippen molar-refractivity contribution in [2.75, 3.05) is 19.6 Å². The third-order valence-electron chi connectivity index (χ3n) is 3.77. The van der Waals surface area contributed by atoms with Gasteiger partial charge in [-0.15, -0.1) is 0 Å². The third-order valence-corrected chi connectivity index (χ3v) is 3.99. The molecule has 106 valence electrons. The van der Waals surface area contributed by atoms with Crippen LogP contribution in [0.25, 0.3) is 5.65 Å². The first-order chi connectivity index (χ1) is 9.65. The summed E-state index contributed by atoms with van der Waals surface area (Å²) in [5, 5.41) is 0.527. The molecule has 6 heteroatoms. The average Bonchev–Trinajstić information content (AvgIpc) is 2.87. The molecule has 1 saturated heterocycles. The summed E-state index contributed by atoms with van der Waals surface area (Å²) in [5.74, 6) is 0.565. The molecule has 5 nitrogen and oxygen atoms in total. The molecule has 0 bridgehead atoms. The molecular weight excluding hydrogens is 276 g/mol. The van der Waals surface area contributed by atoms with E-state index in [-0.39, 0.29) is 5.56 Å². The highest BCUT2D eigenvalue weighted by atomic mass is 35.5. The van der Waals surface area contributed by atoms with Crippen LogP contribution in [0.3, 0.4) is 0 Å². The molecule has 3 heterocycles. The molecule has 2 N–H and O–H groups in total. The van der Waals surface area contributed by atoms with Gasteiger partial charge in [0.1, 0.15) is 5.65 Å². The minimum absolute atomic E-state index is 0.0953. The number of likely N-dealkylation sites (tertiary alicyclic amines) is 1. The Morgan fingerprint density at radius 3 is 3.05 bits per heavy atom. The van der Waals surface area contributed by atoms with Crippen molar-refractivity contribution < 1.29 is 0 Å². The van der Waals surface area contributed by atoms with E-state index in [2.05, 4.69) is 9.88 Å². The van der Waals surface area contributed by atoms with Crippen molar-refractivity contribution in [3.05, 3.63) is 45.5 Å². The number of nitrogens with zero attached hydrogens (tertiary/aromatic N) is 3. The monoisotopic (exact) mass is 292 g/mol. The van der Waals surface area contributed by atoms with E-state index in [1.165, 1.54) is 4.40 Å². The Kier molecular flexibility index (Phi) is 3.74. The highest BCUT2D eigenvalue weighted by Gasteiger charge is 2.21. The maximum atomic E-state index is 12.1. The summed E-state index contributed by atoms with van der Waals surface area (Å²) < 4.78 is 1.47. The summed E-state index contributed by atoms with van der Waals surface area (Å²) in [6.07, 6.45) is 2.72. The lowest BCUT2D eigenvalue weighted by molar-refractivity contribution is 0.314. The second-order valence-corrected chi connectivity index (χ2v) is 5.72. The van der Waals surface area contributed by atoms with Gasteiger partial charge in [0.05, 0.1) is 10.7 Å². The molecule has 1 atom stereocenters. The van der Waals surface area contributed by atoms with Crippen LogP contribution in [0, 0.1) is 5.92 Å². The van der Waals surface area contributed by atoms with Crippen LogP contribution in [0.4, 0.5) is 0 Å². The first-order valence-corrected chi connectivity index (χ1v) is 7.14. The fourth-order valence-electron chi connectivity index (χ4n) is 2.69. The van der Waals surface area contributed by atoms with Gasteiger partial charge in [0.15, 0.2) is 0 Å². The molecule has 1 aliphatic rings. The molecule has 0 spiro atoms. The fraction of sp³-hybridized carbons (Fsp3) is 0.429. The molecule has 1 aliphatic heterocycles. The SMILES string of the molecule is NCC1CCN(Cc2cc(=O)n3cc(Cl)ccc3n2)C1. The highest BCUT2D eigenvalue weighted by molar-refractivity contribution is 6.30. The summed E-state index contributed by atoms with van der Waals surface area (Å²) in [6, 6.07) is 5.09. The molecular formula is C14H17ClN4O. The van der Waals surface area contributed by atoms with Gasteiger partial charge in [0.2, 0.25) is 0 Å². The van der Waals surface area contributed by atoms with Gasteiger partial charge in [0, 0.05) is 25.4 Å². The lowest BCUT2D eigenvalue weighted by Crippen LogP contribution is -2.25. The Morgan fingerprint density at radius 1 is 1.45 bits per heavy atom. The van der Waals surface area contributed by atoms with E-state index in [0.717, 1.165) is 31.7 Å². The Labute approximate surface area is 122 Å². The predicted molar refractivity (Wildman–Crippen MR) is 78.9 cm³/mol. The zero-order chi connectivity index (χ0) is 14.1. The molecule has 2 aromatic heterocycles. The Hall–Kier alpha value is -1.43. The Balaban J connectivity index is 1.86. The van der Waals surface area contributed by atoms with E-state index in [1.807, 2.05) is 0 Å². The summed E-state index contributed by atoms with van der Waals surface area (Å²) in [4.78, 5) is 18.9. The standard InChI is InChI=1S/C14H17ClN4O/c15-11-1-2-13-17-12(5-14(20)19(13)8-11)9-18-4-3-10(6-16)7-18/h1-2,5,8,10H,3-4,6-7,9,16H2. The zero-order valence-corrected chi connectivity index (χ0v) is 11.9. The van der Waals surface area contributed by atoms with Crippen LogP contribution in [0.5, 0.6) is 0 Å². The van der Waals surface area contributed by atoms with Crippen LogP contribution < -0.4 is 11.3 Å². The van der Waals surface area contributed by atoms with Crippen molar-refractivity contribution in [1.29, 1.82) is 0 Å². The molecule has 3 rings (SSSR count). The Morgan fingerprint density at radius 2 is 2.30 bits per heavy atom. The van der Waals surface area contributed by atoms with E-state index in [4.69, 9.17) is 17.3 Å². The number of halogens is 1. The predicted octanol–water partition coefficient (Wildman–Crippen LogP) is 1.13. The number of fused-ring (bicyclic) bond motifs is 1. The summed E-state index contributed by atoms with van der Waals surface area (Å²) in [7, 11) is 0. The van der Waals surface area contributed by atoms with Crippen LogP contribution in [-0.4, -0.2) is 33.9 Å². The van der Waals surface area contributed by atoms with E-state index in [1.54, 1.807) is 24.4 Å². The molecule has 0 saturated carbocycles. The van der Waals surface area contributed by atoms with Crippen LogP contribution >= 0.6 is 11.6 Å². The first-order valence-electron chi connectivity index (χ1n) is 6.76. The van der Waals surface area contributed by atoms with Crippen LogP contribution in [0.2, 0.25) is 5.02 Å². The third kappa shape index (κ3) is 2.70. The van der Waals surface area contributed by atoms with Crippen molar-refractivity contribution in [1.82, 2.24) is 14.3 Å². The molecule has 2 aromatic rings. The molecule has 0 amide bonds. The topological polar surface area (TPSA) is 63.6 Å².